The third kappa shape index (κ3) is 4.64. The molecule has 24 heavy (non-hydrogen) atoms. The summed E-state index contributed by atoms with van der Waals surface area (Å²) < 4.78 is 2.09. The molecule has 0 radical (unpaired) electrons. The molecule has 1 heterocycles. The van der Waals surface area contributed by atoms with Gasteiger partial charge < -0.3 is 14.8 Å². The van der Waals surface area contributed by atoms with E-state index in [1.165, 1.54) is 16.7 Å². The molecule has 130 valence electrons. The summed E-state index contributed by atoms with van der Waals surface area (Å²) in [6.07, 6.45) is 0.963. The van der Waals surface area contributed by atoms with E-state index >= 15 is 0 Å². The number of halogens is 1. The molecule has 1 aromatic heterocycles. The molecule has 1 N–H and O–H groups in total. The van der Waals surface area contributed by atoms with Gasteiger partial charge in [0.05, 0.1) is 23.3 Å². The van der Waals surface area contributed by atoms with Gasteiger partial charge in [-0.05, 0) is 24.6 Å². The summed E-state index contributed by atoms with van der Waals surface area (Å²) in [5.74, 6) is -0.119. The summed E-state index contributed by atoms with van der Waals surface area (Å²) in [6.45, 7) is 2.92. The SMILES string of the molecule is CCCn1c(SCC(=O)NCC(=O)N(C)C)nc2cc(Cl)ccc21. The highest BCUT2D eigenvalue weighted by atomic mass is 35.5. The van der Waals surface area contributed by atoms with Crippen molar-refractivity contribution in [1.29, 1.82) is 0 Å². The maximum Gasteiger partial charge on any atom is 0.241 e. The fourth-order valence-corrected chi connectivity index (χ4v) is 3.18. The van der Waals surface area contributed by atoms with Gasteiger partial charge >= 0.3 is 0 Å². The molecule has 0 aliphatic rings. The lowest BCUT2D eigenvalue weighted by molar-refractivity contribution is -0.130. The number of likely N-dealkylation sites (N-methyl/N-ethyl adjacent to an activating group) is 1. The Morgan fingerprint density at radius 1 is 1.38 bits per heavy atom. The topological polar surface area (TPSA) is 67.2 Å². The van der Waals surface area contributed by atoms with E-state index in [0.29, 0.717) is 5.02 Å². The van der Waals surface area contributed by atoms with E-state index in [0.717, 1.165) is 29.2 Å². The Hall–Kier alpha value is -1.73. The molecule has 0 aliphatic carbocycles. The number of nitrogens with one attached hydrogen (secondary N) is 1. The monoisotopic (exact) mass is 368 g/mol. The highest BCUT2D eigenvalue weighted by Crippen LogP contribution is 2.26. The quantitative estimate of drug-likeness (QED) is 0.762. The van der Waals surface area contributed by atoms with Crippen LogP contribution in [-0.4, -0.2) is 52.7 Å². The van der Waals surface area contributed by atoms with Crippen molar-refractivity contribution >= 4 is 46.2 Å². The van der Waals surface area contributed by atoms with Gasteiger partial charge in [0.25, 0.3) is 0 Å². The largest absolute Gasteiger partial charge is 0.347 e. The smallest absolute Gasteiger partial charge is 0.241 e. The molecule has 0 atom stereocenters. The Morgan fingerprint density at radius 2 is 2.12 bits per heavy atom. The van der Waals surface area contributed by atoms with Crippen LogP contribution in [0.5, 0.6) is 0 Å². The number of rotatable bonds is 7. The van der Waals surface area contributed by atoms with Crippen molar-refractivity contribution in [2.24, 2.45) is 0 Å². The van der Waals surface area contributed by atoms with Crippen LogP contribution in [0.1, 0.15) is 13.3 Å². The van der Waals surface area contributed by atoms with E-state index in [4.69, 9.17) is 11.6 Å². The van der Waals surface area contributed by atoms with E-state index in [9.17, 15) is 9.59 Å². The zero-order valence-corrected chi connectivity index (χ0v) is 15.6. The van der Waals surface area contributed by atoms with Gasteiger partial charge in [-0.25, -0.2) is 4.98 Å². The Bertz CT molecular complexity index is 745. The summed E-state index contributed by atoms with van der Waals surface area (Å²) in [6, 6.07) is 5.61. The molecular weight excluding hydrogens is 348 g/mol. The molecule has 1 aromatic carbocycles. The third-order valence-corrected chi connectivity index (χ3v) is 4.60. The second-order valence-corrected chi connectivity index (χ2v) is 6.91. The lowest BCUT2D eigenvalue weighted by Crippen LogP contribution is -2.37. The van der Waals surface area contributed by atoms with Crippen LogP contribution in [0.4, 0.5) is 0 Å². The molecule has 2 aromatic rings. The Labute approximate surface area is 150 Å². The second kappa shape index (κ2) is 8.39. The van der Waals surface area contributed by atoms with Crippen molar-refractivity contribution in [1.82, 2.24) is 19.8 Å². The molecule has 0 spiro atoms. The number of thioether (sulfide) groups is 1. The van der Waals surface area contributed by atoms with Crippen LogP contribution < -0.4 is 5.32 Å². The molecule has 0 saturated carbocycles. The molecule has 2 rings (SSSR count). The molecule has 0 aliphatic heterocycles. The minimum Gasteiger partial charge on any atom is -0.347 e. The number of carbonyl (C=O) groups excluding carboxylic acids is 2. The summed E-state index contributed by atoms with van der Waals surface area (Å²) in [5.41, 5.74) is 1.83. The summed E-state index contributed by atoms with van der Waals surface area (Å²) in [7, 11) is 3.31. The van der Waals surface area contributed by atoms with E-state index in [-0.39, 0.29) is 24.1 Å². The van der Waals surface area contributed by atoms with E-state index in [2.05, 4.69) is 21.8 Å². The number of carbonyl (C=O) groups is 2. The Morgan fingerprint density at radius 3 is 2.79 bits per heavy atom. The van der Waals surface area contributed by atoms with Crippen LogP contribution in [0.25, 0.3) is 11.0 Å². The lowest BCUT2D eigenvalue weighted by atomic mass is 10.3. The first-order valence-electron chi connectivity index (χ1n) is 7.67. The minimum atomic E-state index is -0.191. The summed E-state index contributed by atoms with van der Waals surface area (Å²) in [5, 5.41) is 4.04. The molecule has 0 saturated heterocycles. The van der Waals surface area contributed by atoms with Crippen molar-refractivity contribution in [2.75, 3.05) is 26.4 Å². The molecule has 0 unspecified atom stereocenters. The molecule has 0 bridgehead atoms. The number of aromatic nitrogens is 2. The van der Waals surface area contributed by atoms with Crippen LogP contribution in [-0.2, 0) is 16.1 Å². The average molecular weight is 369 g/mol. The predicted molar refractivity (Wildman–Crippen MR) is 97.5 cm³/mol. The summed E-state index contributed by atoms with van der Waals surface area (Å²) in [4.78, 5) is 29.4. The molecular formula is C16H21ClN4O2S. The lowest BCUT2D eigenvalue weighted by Gasteiger charge is -2.11. The first-order chi connectivity index (χ1) is 11.4. The average Bonchev–Trinajstić information content (AvgIpc) is 2.87. The van der Waals surface area contributed by atoms with Crippen molar-refractivity contribution in [2.45, 2.75) is 25.0 Å². The third-order valence-electron chi connectivity index (χ3n) is 3.39. The standard InChI is InChI=1S/C16H21ClN4O2S/c1-4-7-21-13-6-5-11(17)8-12(13)19-16(21)24-10-14(22)18-9-15(23)20(2)3/h5-6,8H,4,7,9-10H2,1-3H3,(H,18,22). The van der Waals surface area contributed by atoms with E-state index in [1.807, 2.05) is 18.2 Å². The fraction of sp³-hybridized carbons (Fsp3) is 0.438. The van der Waals surface area contributed by atoms with Crippen LogP contribution >= 0.6 is 23.4 Å². The van der Waals surface area contributed by atoms with Gasteiger partial charge in [-0.15, -0.1) is 0 Å². The number of hydrogen-bond donors (Lipinski definition) is 1. The Kier molecular flexibility index (Phi) is 6.51. The number of imidazole rings is 1. The van der Waals surface area contributed by atoms with Crippen LogP contribution in [0.15, 0.2) is 23.4 Å². The predicted octanol–water partition coefficient (Wildman–Crippen LogP) is 2.40. The van der Waals surface area contributed by atoms with Gasteiger partial charge in [0.2, 0.25) is 11.8 Å². The van der Waals surface area contributed by atoms with Gasteiger partial charge in [-0.2, -0.15) is 0 Å². The minimum absolute atomic E-state index is 0.00732. The zero-order chi connectivity index (χ0) is 17.7. The number of benzene rings is 1. The highest BCUT2D eigenvalue weighted by Gasteiger charge is 2.13. The van der Waals surface area contributed by atoms with Gasteiger partial charge in [0, 0.05) is 25.7 Å². The van der Waals surface area contributed by atoms with Crippen molar-refractivity contribution < 1.29 is 9.59 Å². The van der Waals surface area contributed by atoms with E-state index in [1.54, 1.807) is 14.1 Å². The van der Waals surface area contributed by atoms with E-state index < -0.39 is 0 Å². The maximum atomic E-state index is 11.9. The Balaban J connectivity index is 2.05. The van der Waals surface area contributed by atoms with Crippen molar-refractivity contribution in [3.63, 3.8) is 0 Å². The maximum absolute atomic E-state index is 11.9. The fourth-order valence-electron chi connectivity index (χ4n) is 2.14. The van der Waals surface area contributed by atoms with Crippen LogP contribution in [0, 0.1) is 0 Å². The second-order valence-electron chi connectivity index (χ2n) is 5.53. The van der Waals surface area contributed by atoms with Gasteiger partial charge in [-0.1, -0.05) is 30.3 Å². The van der Waals surface area contributed by atoms with Gasteiger partial charge in [0.1, 0.15) is 0 Å². The molecule has 2 amide bonds. The van der Waals surface area contributed by atoms with Gasteiger partial charge in [0.15, 0.2) is 5.16 Å². The number of hydrogen-bond acceptors (Lipinski definition) is 4. The van der Waals surface area contributed by atoms with Crippen LogP contribution in [0.2, 0.25) is 5.02 Å². The number of nitrogens with zero attached hydrogens (tertiary/aromatic N) is 3. The van der Waals surface area contributed by atoms with Crippen LogP contribution in [0.3, 0.4) is 0 Å². The summed E-state index contributed by atoms with van der Waals surface area (Å²) >= 11 is 7.38. The normalized spacial score (nSPS) is 10.8. The molecule has 6 nitrogen and oxygen atoms in total. The number of amides is 2. The number of fused-ring (bicyclic) bond motifs is 1. The van der Waals surface area contributed by atoms with Crippen molar-refractivity contribution in [3.8, 4) is 0 Å². The first kappa shape index (κ1) is 18.6. The first-order valence-corrected chi connectivity index (χ1v) is 9.04. The highest BCUT2D eigenvalue weighted by molar-refractivity contribution is 7.99. The van der Waals surface area contributed by atoms with Crippen molar-refractivity contribution in [3.05, 3.63) is 23.2 Å². The zero-order valence-electron chi connectivity index (χ0n) is 14.0. The number of aryl methyl sites for hydroxylation is 1. The molecule has 0 fully saturated rings. The van der Waals surface area contributed by atoms with Gasteiger partial charge in [-0.3, -0.25) is 9.59 Å². The molecule has 8 heteroatoms.